The number of nitrogens with two attached hydrogens (primary N) is 1. The molecule has 3 N–H and O–H groups in total. The minimum atomic E-state index is -0.149. The summed E-state index contributed by atoms with van der Waals surface area (Å²) in [5.41, 5.74) is 5.68. The van der Waals surface area contributed by atoms with Crippen LogP contribution < -0.4 is 11.1 Å². The van der Waals surface area contributed by atoms with Gasteiger partial charge in [-0.3, -0.25) is 0 Å². The fourth-order valence-corrected chi connectivity index (χ4v) is 2.92. The Morgan fingerprint density at radius 1 is 0.955 bits per heavy atom. The van der Waals surface area contributed by atoms with Crippen LogP contribution in [0.4, 0.5) is 0 Å². The molecule has 1 unspecified atom stereocenters. The maximum absolute atomic E-state index is 5.64. The molecule has 1 atom stereocenters. The molecule has 0 amide bonds. The van der Waals surface area contributed by atoms with Crippen molar-refractivity contribution in [3.63, 3.8) is 0 Å². The van der Waals surface area contributed by atoms with Crippen molar-refractivity contribution in [3.8, 4) is 0 Å². The molecule has 0 rings (SSSR count). The molecule has 0 aliphatic carbocycles. The molecule has 134 valence electrons. The van der Waals surface area contributed by atoms with Gasteiger partial charge >= 0.3 is 0 Å². The Balaban J connectivity index is 3.97. The molecule has 4 nitrogen and oxygen atoms in total. The Morgan fingerprint density at radius 2 is 1.50 bits per heavy atom. The van der Waals surface area contributed by atoms with Crippen molar-refractivity contribution in [3.05, 3.63) is 0 Å². The number of unbranched alkanes of at least 4 members (excludes halogenated alkanes) is 7. The third kappa shape index (κ3) is 11.4. The van der Waals surface area contributed by atoms with Gasteiger partial charge in [-0.1, -0.05) is 58.3 Å². The lowest BCUT2D eigenvalue weighted by molar-refractivity contribution is -0.118. The van der Waals surface area contributed by atoms with Gasteiger partial charge in [-0.25, -0.2) is 0 Å². The first kappa shape index (κ1) is 21.8. The highest BCUT2D eigenvalue weighted by Crippen LogP contribution is 2.22. The standard InChI is InChI=1S/C18H40N2O2/c1-5-6-7-8-9-10-11-12-13-18(2,20-15-14-19)16-17(21-3)22-4/h17,20H,5-16,19H2,1-4H3. The predicted molar refractivity (Wildman–Crippen MR) is 95.1 cm³/mol. The minimum absolute atomic E-state index is 0.0399. The van der Waals surface area contributed by atoms with Crippen LogP contribution in [0.1, 0.15) is 78.1 Å². The number of hydrogen-bond donors (Lipinski definition) is 2. The normalized spacial score (nSPS) is 14.5. The predicted octanol–water partition coefficient (Wildman–Crippen LogP) is 3.83. The first-order valence-electron chi connectivity index (χ1n) is 9.12. The largest absolute Gasteiger partial charge is 0.356 e. The SMILES string of the molecule is CCCCCCCCCCC(C)(CC(OC)OC)NCCN. The van der Waals surface area contributed by atoms with E-state index in [1.807, 2.05) is 0 Å². The van der Waals surface area contributed by atoms with Crippen molar-refractivity contribution in [1.29, 1.82) is 0 Å². The fourth-order valence-electron chi connectivity index (χ4n) is 2.92. The zero-order valence-electron chi connectivity index (χ0n) is 15.5. The van der Waals surface area contributed by atoms with Gasteiger partial charge in [0.15, 0.2) is 6.29 Å². The number of ether oxygens (including phenoxy) is 2. The van der Waals surface area contributed by atoms with Crippen LogP contribution in [0.2, 0.25) is 0 Å². The summed E-state index contributed by atoms with van der Waals surface area (Å²) < 4.78 is 10.7. The van der Waals surface area contributed by atoms with Gasteiger partial charge in [-0.15, -0.1) is 0 Å². The number of methoxy groups -OCH3 is 2. The topological polar surface area (TPSA) is 56.5 Å². The molecular weight excluding hydrogens is 276 g/mol. The van der Waals surface area contributed by atoms with Crippen LogP contribution in [0.3, 0.4) is 0 Å². The lowest BCUT2D eigenvalue weighted by Gasteiger charge is -2.33. The molecule has 0 aliphatic heterocycles. The molecule has 22 heavy (non-hydrogen) atoms. The van der Waals surface area contributed by atoms with Crippen LogP contribution >= 0.6 is 0 Å². The van der Waals surface area contributed by atoms with Crippen LogP contribution in [-0.2, 0) is 9.47 Å². The molecule has 4 heteroatoms. The summed E-state index contributed by atoms with van der Waals surface area (Å²) in [6.45, 7) is 6.03. The van der Waals surface area contributed by atoms with Crippen molar-refractivity contribution in [2.75, 3.05) is 27.3 Å². The molecule has 0 heterocycles. The second-order valence-corrected chi connectivity index (χ2v) is 6.61. The van der Waals surface area contributed by atoms with Gasteiger partial charge in [0.1, 0.15) is 0 Å². The molecule has 0 aromatic carbocycles. The van der Waals surface area contributed by atoms with Gasteiger partial charge < -0.3 is 20.5 Å². The maximum atomic E-state index is 5.64. The van der Waals surface area contributed by atoms with E-state index in [-0.39, 0.29) is 11.8 Å². The lowest BCUT2D eigenvalue weighted by atomic mass is 9.90. The van der Waals surface area contributed by atoms with Crippen LogP contribution in [0.5, 0.6) is 0 Å². The lowest BCUT2D eigenvalue weighted by Crippen LogP contribution is -2.47. The van der Waals surface area contributed by atoms with E-state index in [4.69, 9.17) is 15.2 Å². The summed E-state index contributed by atoms with van der Waals surface area (Å²) in [6.07, 6.45) is 12.7. The quantitative estimate of drug-likeness (QED) is 0.335. The second-order valence-electron chi connectivity index (χ2n) is 6.61. The number of rotatable bonds is 16. The van der Waals surface area contributed by atoms with Gasteiger partial charge in [0.05, 0.1) is 0 Å². The molecule has 0 saturated heterocycles. The Hall–Kier alpha value is -0.160. The average molecular weight is 317 g/mol. The highest BCUT2D eigenvalue weighted by Gasteiger charge is 2.27. The van der Waals surface area contributed by atoms with E-state index >= 15 is 0 Å². The Labute approximate surface area is 138 Å². The van der Waals surface area contributed by atoms with E-state index in [0.717, 1.165) is 19.4 Å². The highest BCUT2D eigenvalue weighted by molar-refractivity contribution is 4.84. The van der Waals surface area contributed by atoms with Gasteiger partial charge in [0.2, 0.25) is 0 Å². The first-order chi connectivity index (χ1) is 10.6. The van der Waals surface area contributed by atoms with Crippen molar-refractivity contribution in [1.82, 2.24) is 5.32 Å². The maximum Gasteiger partial charge on any atom is 0.158 e. The summed E-state index contributed by atoms with van der Waals surface area (Å²) in [5.74, 6) is 0. The van der Waals surface area contributed by atoms with Crippen molar-refractivity contribution < 1.29 is 9.47 Å². The van der Waals surface area contributed by atoms with E-state index in [1.54, 1.807) is 14.2 Å². The summed E-state index contributed by atoms with van der Waals surface area (Å²) in [7, 11) is 3.40. The summed E-state index contributed by atoms with van der Waals surface area (Å²) in [5, 5.41) is 3.58. The third-order valence-corrected chi connectivity index (χ3v) is 4.42. The van der Waals surface area contributed by atoms with E-state index in [2.05, 4.69) is 19.2 Å². The number of nitrogens with one attached hydrogen (secondary N) is 1. The average Bonchev–Trinajstić information content (AvgIpc) is 2.53. The first-order valence-corrected chi connectivity index (χ1v) is 9.12. The third-order valence-electron chi connectivity index (χ3n) is 4.42. The van der Waals surface area contributed by atoms with E-state index in [0.29, 0.717) is 6.54 Å². The second kappa shape index (κ2) is 14.4. The summed E-state index contributed by atoms with van der Waals surface area (Å²) in [6, 6.07) is 0. The molecule has 0 aliphatic rings. The molecule has 0 bridgehead atoms. The van der Waals surface area contributed by atoms with Gasteiger partial charge in [0, 0.05) is 39.3 Å². The molecule has 0 fully saturated rings. The zero-order chi connectivity index (χ0) is 16.7. The molecule has 0 aromatic heterocycles. The van der Waals surface area contributed by atoms with E-state index < -0.39 is 0 Å². The van der Waals surface area contributed by atoms with Crippen LogP contribution in [0.25, 0.3) is 0 Å². The van der Waals surface area contributed by atoms with E-state index in [9.17, 15) is 0 Å². The van der Waals surface area contributed by atoms with Crippen molar-refractivity contribution in [2.24, 2.45) is 5.73 Å². The van der Waals surface area contributed by atoms with Gasteiger partial charge in [-0.2, -0.15) is 0 Å². The Morgan fingerprint density at radius 3 is 2.00 bits per heavy atom. The molecule has 0 radical (unpaired) electrons. The van der Waals surface area contributed by atoms with Crippen LogP contribution in [-0.4, -0.2) is 39.1 Å². The molecule has 0 spiro atoms. The van der Waals surface area contributed by atoms with Gasteiger partial charge in [0.25, 0.3) is 0 Å². The summed E-state index contributed by atoms with van der Waals surface area (Å²) >= 11 is 0. The Kier molecular flexibility index (Phi) is 14.3. The smallest absolute Gasteiger partial charge is 0.158 e. The molecule has 0 saturated carbocycles. The zero-order valence-corrected chi connectivity index (χ0v) is 15.5. The number of hydrogen-bond acceptors (Lipinski definition) is 4. The minimum Gasteiger partial charge on any atom is -0.356 e. The van der Waals surface area contributed by atoms with Gasteiger partial charge in [-0.05, 0) is 13.3 Å². The molecular formula is C18H40N2O2. The van der Waals surface area contributed by atoms with Crippen LogP contribution in [0, 0.1) is 0 Å². The Bertz CT molecular complexity index is 235. The van der Waals surface area contributed by atoms with Crippen LogP contribution in [0.15, 0.2) is 0 Å². The highest BCUT2D eigenvalue weighted by atomic mass is 16.7. The molecule has 0 aromatic rings. The fraction of sp³-hybridized carbons (Fsp3) is 1.00. The van der Waals surface area contributed by atoms with E-state index in [1.165, 1.54) is 51.4 Å². The van der Waals surface area contributed by atoms with Crippen molar-refractivity contribution in [2.45, 2.75) is 89.9 Å². The summed E-state index contributed by atoms with van der Waals surface area (Å²) in [4.78, 5) is 0. The monoisotopic (exact) mass is 316 g/mol. The van der Waals surface area contributed by atoms with Crippen molar-refractivity contribution >= 4 is 0 Å².